The van der Waals surface area contributed by atoms with Crippen LogP contribution in [0.2, 0.25) is 0 Å². The molecule has 1 aromatic heterocycles. The van der Waals surface area contributed by atoms with Crippen molar-refractivity contribution in [3.63, 3.8) is 0 Å². The van der Waals surface area contributed by atoms with Gasteiger partial charge in [0, 0.05) is 19.0 Å². The average Bonchev–Trinajstić information content (AvgIpc) is 3.04. The quantitative estimate of drug-likeness (QED) is 0.876. The Balaban J connectivity index is 1.61. The summed E-state index contributed by atoms with van der Waals surface area (Å²) in [5.41, 5.74) is 1.14. The molecule has 1 aliphatic heterocycles. The van der Waals surface area contributed by atoms with Gasteiger partial charge in [0.2, 0.25) is 0 Å². The average molecular weight is 283 g/mol. The molecule has 0 radical (unpaired) electrons. The number of carbonyl (C=O) groups is 1. The third-order valence-corrected chi connectivity index (χ3v) is 3.38. The van der Waals surface area contributed by atoms with Gasteiger partial charge in [-0.05, 0) is 24.6 Å². The Hall–Kier alpha value is -2.33. The summed E-state index contributed by atoms with van der Waals surface area (Å²) in [4.78, 5) is 11.8. The molecule has 2 heterocycles. The van der Waals surface area contributed by atoms with Crippen LogP contribution in [0.15, 0.2) is 52.6 Å². The number of aryl methyl sites for hydroxylation is 1. The highest BCUT2D eigenvalue weighted by Crippen LogP contribution is 2.22. The van der Waals surface area contributed by atoms with E-state index in [1.807, 2.05) is 49.4 Å². The Morgan fingerprint density at radius 3 is 2.76 bits per heavy atom. The number of benzene rings is 1. The van der Waals surface area contributed by atoms with Crippen LogP contribution in [0.4, 0.5) is 0 Å². The van der Waals surface area contributed by atoms with Crippen molar-refractivity contribution < 1.29 is 13.9 Å². The molecule has 1 N–H and O–H groups in total. The topological polar surface area (TPSA) is 51.5 Å². The van der Waals surface area contributed by atoms with Gasteiger partial charge in [-0.25, -0.2) is 4.79 Å². The maximum absolute atomic E-state index is 11.8. The van der Waals surface area contributed by atoms with E-state index in [0.29, 0.717) is 24.5 Å². The summed E-state index contributed by atoms with van der Waals surface area (Å²) in [5.74, 6) is 1.95. The maximum atomic E-state index is 11.8. The Labute approximate surface area is 123 Å². The first-order chi connectivity index (χ1) is 10.2. The van der Waals surface area contributed by atoms with Crippen LogP contribution in [-0.2, 0) is 16.1 Å². The zero-order chi connectivity index (χ0) is 14.7. The lowest BCUT2D eigenvalue weighted by atomic mass is 10.1. The van der Waals surface area contributed by atoms with Crippen molar-refractivity contribution in [2.24, 2.45) is 0 Å². The molecule has 1 fully saturated rings. The largest absolute Gasteiger partial charge is 0.462 e. The Morgan fingerprint density at radius 1 is 1.24 bits per heavy atom. The molecule has 21 heavy (non-hydrogen) atoms. The molecule has 1 saturated heterocycles. The van der Waals surface area contributed by atoms with E-state index < -0.39 is 0 Å². The summed E-state index contributed by atoms with van der Waals surface area (Å²) in [6.07, 6.45) is 2.32. The van der Waals surface area contributed by atoms with Crippen LogP contribution in [0.3, 0.4) is 0 Å². The second-order valence-electron chi connectivity index (χ2n) is 5.10. The van der Waals surface area contributed by atoms with Gasteiger partial charge in [0.1, 0.15) is 23.3 Å². The number of nitrogens with one attached hydrogen (secondary N) is 1. The van der Waals surface area contributed by atoms with E-state index in [2.05, 4.69) is 5.32 Å². The SMILES string of the molecule is Cc1ccc(C=C2CC(NCc3ccccc3)C(=O)O2)o1. The van der Waals surface area contributed by atoms with Crippen molar-refractivity contribution >= 4 is 12.0 Å². The van der Waals surface area contributed by atoms with Crippen LogP contribution in [0.5, 0.6) is 0 Å². The molecule has 2 aromatic rings. The fraction of sp³-hybridized carbons (Fsp3) is 0.235. The summed E-state index contributed by atoms with van der Waals surface area (Å²) in [6, 6.07) is 13.4. The van der Waals surface area contributed by atoms with E-state index in [-0.39, 0.29) is 12.0 Å². The van der Waals surface area contributed by atoms with Crippen molar-refractivity contribution in [1.82, 2.24) is 5.32 Å². The Bertz CT molecular complexity index is 658. The van der Waals surface area contributed by atoms with E-state index in [1.165, 1.54) is 0 Å². The lowest BCUT2D eigenvalue weighted by molar-refractivity contribution is -0.137. The fourth-order valence-corrected chi connectivity index (χ4v) is 2.30. The lowest BCUT2D eigenvalue weighted by Gasteiger charge is -2.07. The lowest BCUT2D eigenvalue weighted by Crippen LogP contribution is -2.32. The van der Waals surface area contributed by atoms with Gasteiger partial charge < -0.3 is 9.15 Å². The van der Waals surface area contributed by atoms with Crippen molar-refractivity contribution in [3.8, 4) is 0 Å². The molecule has 1 atom stereocenters. The number of furan rings is 1. The molecular formula is C17H17NO3. The molecule has 1 aliphatic rings. The van der Waals surface area contributed by atoms with E-state index >= 15 is 0 Å². The molecule has 0 amide bonds. The molecule has 0 saturated carbocycles. The summed E-state index contributed by atoms with van der Waals surface area (Å²) in [7, 11) is 0. The van der Waals surface area contributed by atoms with E-state index in [1.54, 1.807) is 6.08 Å². The van der Waals surface area contributed by atoms with Gasteiger partial charge in [-0.2, -0.15) is 0 Å². The summed E-state index contributed by atoms with van der Waals surface area (Å²) >= 11 is 0. The summed E-state index contributed by atoms with van der Waals surface area (Å²) < 4.78 is 10.7. The number of rotatable bonds is 4. The van der Waals surface area contributed by atoms with Gasteiger partial charge >= 0.3 is 5.97 Å². The molecule has 3 rings (SSSR count). The van der Waals surface area contributed by atoms with Crippen molar-refractivity contribution in [2.75, 3.05) is 0 Å². The molecule has 1 unspecified atom stereocenters. The Morgan fingerprint density at radius 2 is 2.05 bits per heavy atom. The van der Waals surface area contributed by atoms with Gasteiger partial charge in [-0.3, -0.25) is 5.32 Å². The van der Waals surface area contributed by atoms with Crippen LogP contribution in [0.25, 0.3) is 6.08 Å². The number of hydrogen-bond donors (Lipinski definition) is 1. The second-order valence-corrected chi connectivity index (χ2v) is 5.10. The zero-order valence-corrected chi connectivity index (χ0v) is 11.8. The second kappa shape index (κ2) is 5.97. The minimum Gasteiger partial charge on any atom is -0.462 e. The van der Waals surface area contributed by atoms with Gasteiger partial charge in [0.05, 0.1) is 0 Å². The first-order valence-electron chi connectivity index (χ1n) is 6.97. The van der Waals surface area contributed by atoms with E-state index in [4.69, 9.17) is 9.15 Å². The van der Waals surface area contributed by atoms with Gasteiger partial charge in [0.25, 0.3) is 0 Å². The monoisotopic (exact) mass is 283 g/mol. The number of ether oxygens (including phenoxy) is 1. The van der Waals surface area contributed by atoms with E-state index in [0.717, 1.165) is 11.3 Å². The highest BCUT2D eigenvalue weighted by Gasteiger charge is 2.30. The van der Waals surface area contributed by atoms with Crippen LogP contribution in [0, 0.1) is 6.92 Å². The first-order valence-corrected chi connectivity index (χ1v) is 6.97. The van der Waals surface area contributed by atoms with Crippen molar-refractivity contribution in [3.05, 3.63) is 65.3 Å². The molecule has 108 valence electrons. The minimum atomic E-state index is -0.299. The third-order valence-electron chi connectivity index (χ3n) is 3.38. The number of hydrogen-bond acceptors (Lipinski definition) is 4. The molecular weight excluding hydrogens is 266 g/mol. The van der Waals surface area contributed by atoms with Crippen LogP contribution in [0.1, 0.15) is 23.5 Å². The molecule has 0 spiro atoms. The van der Waals surface area contributed by atoms with Crippen LogP contribution < -0.4 is 5.32 Å². The van der Waals surface area contributed by atoms with Crippen molar-refractivity contribution in [1.29, 1.82) is 0 Å². The molecule has 0 aliphatic carbocycles. The zero-order valence-electron chi connectivity index (χ0n) is 11.8. The molecule has 4 heteroatoms. The predicted molar refractivity (Wildman–Crippen MR) is 79.2 cm³/mol. The highest BCUT2D eigenvalue weighted by atomic mass is 16.5. The number of esters is 1. The maximum Gasteiger partial charge on any atom is 0.328 e. The highest BCUT2D eigenvalue weighted by molar-refractivity contribution is 5.81. The van der Waals surface area contributed by atoms with Gasteiger partial charge in [-0.15, -0.1) is 0 Å². The molecule has 0 bridgehead atoms. The predicted octanol–water partition coefficient (Wildman–Crippen LogP) is 3.03. The van der Waals surface area contributed by atoms with Crippen molar-refractivity contribution in [2.45, 2.75) is 25.9 Å². The first kappa shape index (κ1) is 13.6. The normalized spacial score (nSPS) is 20.0. The summed E-state index contributed by atoms with van der Waals surface area (Å²) in [5, 5.41) is 3.22. The fourth-order valence-electron chi connectivity index (χ4n) is 2.30. The smallest absolute Gasteiger partial charge is 0.328 e. The van der Waals surface area contributed by atoms with Crippen LogP contribution >= 0.6 is 0 Å². The van der Waals surface area contributed by atoms with Gasteiger partial charge in [0.15, 0.2) is 0 Å². The molecule has 4 nitrogen and oxygen atoms in total. The van der Waals surface area contributed by atoms with Crippen LogP contribution in [-0.4, -0.2) is 12.0 Å². The summed E-state index contributed by atoms with van der Waals surface area (Å²) in [6.45, 7) is 2.53. The van der Waals surface area contributed by atoms with E-state index in [9.17, 15) is 4.79 Å². The molecule has 1 aromatic carbocycles. The third kappa shape index (κ3) is 3.41. The number of carbonyl (C=O) groups excluding carboxylic acids is 1. The number of cyclic esters (lactones) is 1. The van der Waals surface area contributed by atoms with Gasteiger partial charge in [-0.1, -0.05) is 30.3 Å². The minimum absolute atomic E-state index is 0.236. The standard InChI is InChI=1S/C17H17NO3/c1-12-7-8-14(20-12)9-15-10-16(17(19)21-15)18-11-13-5-3-2-4-6-13/h2-9,16,18H,10-11H2,1H3. The Kier molecular flexibility index (Phi) is 3.88.